The van der Waals surface area contributed by atoms with Crippen LogP contribution < -0.4 is 11.1 Å². The molecule has 2 rings (SSSR count). The quantitative estimate of drug-likeness (QED) is 0.845. The monoisotopic (exact) mass is 294 g/mol. The number of nitrogens with one attached hydrogen (secondary N) is 1. The molecule has 0 unspecified atom stereocenters. The number of imidazole rings is 1. The van der Waals surface area contributed by atoms with Crippen LogP contribution in [0.4, 0.5) is 5.82 Å². The van der Waals surface area contributed by atoms with Gasteiger partial charge in [0, 0.05) is 12.7 Å². The van der Waals surface area contributed by atoms with E-state index in [4.69, 9.17) is 5.73 Å². The number of rotatable bonds is 3. The molecule has 17 heavy (non-hydrogen) atoms. The second-order valence-corrected chi connectivity index (χ2v) is 4.25. The van der Waals surface area contributed by atoms with Crippen molar-refractivity contribution in [3.63, 3.8) is 0 Å². The lowest BCUT2D eigenvalue weighted by Crippen LogP contribution is -2.24. The first-order valence-electron chi connectivity index (χ1n) is 4.96. The molecule has 0 aromatic carbocycles. The Morgan fingerprint density at radius 2 is 2.47 bits per heavy atom. The fourth-order valence-electron chi connectivity index (χ4n) is 1.47. The summed E-state index contributed by atoms with van der Waals surface area (Å²) in [7, 11) is 0. The SMILES string of the molecule is C=CCNC(=O)c1nc2c(Br)cccn2c1N. The van der Waals surface area contributed by atoms with E-state index in [0.29, 0.717) is 18.0 Å². The first-order valence-corrected chi connectivity index (χ1v) is 5.75. The van der Waals surface area contributed by atoms with E-state index in [1.807, 2.05) is 12.1 Å². The molecule has 88 valence electrons. The molecule has 2 heterocycles. The summed E-state index contributed by atoms with van der Waals surface area (Å²) >= 11 is 3.36. The molecular weight excluding hydrogens is 284 g/mol. The van der Waals surface area contributed by atoms with Crippen LogP contribution in [0.5, 0.6) is 0 Å². The fourth-order valence-corrected chi connectivity index (χ4v) is 1.90. The Balaban J connectivity index is 2.48. The van der Waals surface area contributed by atoms with Crippen molar-refractivity contribution in [1.29, 1.82) is 0 Å². The number of fused-ring (bicyclic) bond motifs is 1. The molecule has 2 aromatic rings. The standard InChI is InChI=1S/C11H11BrN4O/c1-2-5-14-11(17)8-9(13)16-6-3-4-7(12)10(16)15-8/h2-4,6H,1,5,13H2,(H,14,17). The van der Waals surface area contributed by atoms with E-state index >= 15 is 0 Å². The molecular formula is C11H11BrN4O. The molecule has 0 aliphatic carbocycles. The maximum atomic E-state index is 11.8. The Hall–Kier alpha value is -1.82. The number of carbonyl (C=O) groups is 1. The van der Waals surface area contributed by atoms with Crippen LogP contribution in [-0.4, -0.2) is 21.8 Å². The van der Waals surface area contributed by atoms with Crippen molar-refractivity contribution >= 4 is 33.3 Å². The van der Waals surface area contributed by atoms with Crippen LogP contribution in [0.1, 0.15) is 10.5 Å². The molecule has 0 radical (unpaired) electrons. The maximum absolute atomic E-state index is 11.8. The summed E-state index contributed by atoms with van der Waals surface area (Å²) in [5.74, 6) is 0.0147. The van der Waals surface area contributed by atoms with Crippen molar-refractivity contribution in [2.45, 2.75) is 0 Å². The van der Waals surface area contributed by atoms with Gasteiger partial charge in [-0.3, -0.25) is 9.20 Å². The maximum Gasteiger partial charge on any atom is 0.274 e. The van der Waals surface area contributed by atoms with E-state index < -0.39 is 0 Å². The number of carbonyl (C=O) groups excluding carboxylic acids is 1. The van der Waals surface area contributed by atoms with Gasteiger partial charge in [-0.25, -0.2) is 4.98 Å². The van der Waals surface area contributed by atoms with Crippen molar-refractivity contribution in [3.8, 4) is 0 Å². The molecule has 0 saturated carbocycles. The topological polar surface area (TPSA) is 72.4 Å². The largest absolute Gasteiger partial charge is 0.383 e. The van der Waals surface area contributed by atoms with E-state index in [-0.39, 0.29) is 11.6 Å². The summed E-state index contributed by atoms with van der Waals surface area (Å²) in [6, 6.07) is 3.66. The molecule has 3 N–H and O–H groups in total. The van der Waals surface area contributed by atoms with Crippen LogP contribution in [-0.2, 0) is 0 Å². The number of nitrogens with zero attached hydrogens (tertiary/aromatic N) is 2. The summed E-state index contributed by atoms with van der Waals surface area (Å²) < 4.78 is 2.45. The average molecular weight is 295 g/mol. The van der Waals surface area contributed by atoms with Gasteiger partial charge in [-0.05, 0) is 28.1 Å². The molecule has 2 aromatic heterocycles. The van der Waals surface area contributed by atoms with Gasteiger partial charge in [-0.1, -0.05) is 6.08 Å². The highest BCUT2D eigenvalue weighted by Crippen LogP contribution is 2.21. The number of hydrogen-bond donors (Lipinski definition) is 2. The summed E-state index contributed by atoms with van der Waals surface area (Å²) in [6.45, 7) is 3.91. The zero-order valence-corrected chi connectivity index (χ0v) is 10.6. The molecule has 5 nitrogen and oxygen atoms in total. The highest BCUT2D eigenvalue weighted by Gasteiger charge is 2.17. The van der Waals surface area contributed by atoms with Crippen molar-refractivity contribution in [1.82, 2.24) is 14.7 Å². The number of aromatic nitrogens is 2. The van der Waals surface area contributed by atoms with Gasteiger partial charge in [-0.15, -0.1) is 6.58 Å². The molecule has 0 aliphatic heterocycles. The fraction of sp³-hybridized carbons (Fsp3) is 0.0909. The normalized spacial score (nSPS) is 10.4. The van der Waals surface area contributed by atoms with Crippen LogP contribution in [0.2, 0.25) is 0 Å². The van der Waals surface area contributed by atoms with Crippen LogP contribution in [0.3, 0.4) is 0 Å². The minimum absolute atomic E-state index is 0.221. The van der Waals surface area contributed by atoms with E-state index in [1.54, 1.807) is 16.7 Å². The van der Waals surface area contributed by atoms with E-state index in [2.05, 4.69) is 32.8 Å². The second kappa shape index (κ2) is 4.58. The Bertz CT molecular complexity index is 590. The summed E-state index contributed by atoms with van der Waals surface area (Å²) in [5, 5.41) is 2.64. The zero-order chi connectivity index (χ0) is 12.4. The van der Waals surface area contributed by atoms with Gasteiger partial charge >= 0.3 is 0 Å². The lowest BCUT2D eigenvalue weighted by atomic mass is 10.4. The first-order chi connectivity index (χ1) is 8.15. The predicted octanol–water partition coefficient (Wildman–Crippen LogP) is 1.59. The van der Waals surface area contributed by atoms with Crippen molar-refractivity contribution < 1.29 is 4.79 Å². The number of anilines is 1. The summed E-state index contributed by atoms with van der Waals surface area (Å²) in [5.41, 5.74) is 6.71. The molecule has 0 saturated heterocycles. The van der Waals surface area contributed by atoms with Gasteiger partial charge in [0.25, 0.3) is 5.91 Å². The lowest BCUT2D eigenvalue weighted by molar-refractivity contribution is 0.0954. The number of amides is 1. The van der Waals surface area contributed by atoms with Crippen LogP contribution in [0, 0.1) is 0 Å². The number of pyridine rings is 1. The molecule has 6 heteroatoms. The summed E-state index contributed by atoms with van der Waals surface area (Å²) in [6.07, 6.45) is 3.35. The van der Waals surface area contributed by atoms with Crippen LogP contribution >= 0.6 is 15.9 Å². The highest BCUT2D eigenvalue weighted by atomic mass is 79.9. The number of nitrogen functional groups attached to an aromatic ring is 1. The first kappa shape index (κ1) is 11.7. The Kier molecular flexibility index (Phi) is 3.14. The summed E-state index contributed by atoms with van der Waals surface area (Å²) in [4.78, 5) is 16.0. The Labute approximate surface area is 106 Å². The molecule has 0 aliphatic rings. The van der Waals surface area contributed by atoms with Gasteiger partial charge in [0.15, 0.2) is 11.3 Å². The van der Waals surface area contributed by atoms with Gasteiger partial charge in [0.1, 0.15) is 5.82 Å². The van der Waals surface area contributed by atoms with Gasteiger partial charge in [-0.2, -0.15) is 0 Å². The van der Waals surface area contributed by atoms with E-state index in [0.717, 1.165) is 4.47 Å². The second-order valence-electron chi connectivity index (χ2n) is 3.39. The molecule has 0 bridgehead atoms. The minimum atomic E-state index is -0.307. The Morgan fingerprint density at radius 3 is 3.12 bits per heavy atom. The van der Waals surface area contributed by atoms with Gasteiger partial charge in [0.2, 0.25) is 0 Å². The van der Waals surface area contributed by atoms with Gasteiger partial charge < -0.3 is 11.1 Å². The third-order valence-corrected chi connectivity index (χ3v) is 2.88. The molecule has 0 spiro atoms. The van der Waals surface area contributed by atoms with E-state index in [9.17, 15) is 4.79 Å². The average Bonchev–Trinajstić information content (AvgIpc) is 2.66. The Morgan fingerprint density at radius 1 is 1.71 bits per heavy atom. The number of halogens is 1. The molecule has 0 atom stereocenters. The van der Waals surface area contributed by atoms with Crippen molar-refractivity contribution in [2.24, 2.45) is 0 Å². The molecule has 0 fully saturated rings. The van der Waals surface area contributed by atoms with Gasteiger partial charge in [0.05, 0.1) is 4.47 Å². The minimum Gasteiger partial charge on any atom is -0.383 e. The van der Waals surface area contributed by atoms with Crippen molar-refractivity contribution in [3.05, 3.63) is 41.2 Å². The number of nitrogens with two attached hydrogens (primary N) is 1. The molecule has 1 amide bonds. The third kappa shape index (κ3) is 2.03. The van der Waals surface area contributed by atoms with E-state index in [1.165, 1.54) is 0 Å². The third-order valence-electron chi connectivity index (χ3n) is 2.26. The predicted molar refractivity (Wildman–Crippen MR) is 69.8 cm³/mol. The van der Waals surface area contributed by atoms with Crippen LogP contribution in [0.25, 0.3) is 5.65 Å². The smallest absolute Gasteiger partial charge is 0.274 e. The van der Waals surface area contributed by atoms with Crippen molar-refractivity contribution in [2.75, 3.05) is 12.3 Å². The van der Waals surface area contributed by atoms with Crippen LogP contribution in [0.15, 0.2) is 35.5 Å². The lowest BCUT2D eigenvalue weighted by Gasteiger charge is -1.99. The highest BCUT2D eigenvalue weighted by molar-refractivity contribution is 9.10. The number of hydrogen-bond acceptors (Lipinski definition) is 3. The zero-order valence-electron chi connectivity index (χ0n) is 8.98.